The van der Waals surface area contributed by atoms with Gasteiger partial charge in [-0.05, 0) is 55.2 Å². The fourth-order valence-corrected chi connectivity index (χ4v) is 6.11. The van der Waals surface area contributed by atoms with Crippen molar-refractivity contribution in [2.45, 2.75) is 20.3 Å². The lowest BCUT2D eigenvalue weighted by atomic mass is 9.99. The average molecular weight is 606 g/mol. The highest BCUT2D eigenvalue weighted by Gasteiger charge is 2.14. The van der Waals surface area contributed by atoms with E-state index < -0.39 is 0 Å². The van der Waals surface area contributed by atoms with E-state index in [0.717, 1.165) is 73.0 Å². The number of aromatic nitrogens is 5. The number of hydrogen-bond donors (Lipinski definition) is 0. The van der Waals surface area contributed by atoms with E-state index in [1.165, 1.54) is 5.56 Å². The van der Waals surface area contributed by atoms with Crippen LogP contribution in [-0.4, -0.2) is 24.9 Å². The Morgan fingerprint density at radius 3 is 2.04 bits per heavy atom. The molecule has 47 heavy (non-hydrogen) atoms. The smallest absolute Gasteiger partial charge is 0.164 e. The first-order valence-corrected chi connectivity index (χ1v) is 15.8. The van der Waals surface area contributed by atoms with E-state index in [1.54, 1.807) is 0 Å². The van der Waals surface area contributed by atoms with Crippen LogP contribution in [-0.2, 0) is 0 Å². The van der Waals surface area contributed by atoms with Crippen LogP contribution < -0.4 is 0 Å². The summed E-state index contributed by atoms with van der Waals surface area (Å²) >= 11 is 0. The number of allylic oxidation sites excluding steroid dienone is 6. The molecule has 0 aliphatic heterocycles. The van der Waals surface area contributed by atoms with Crippen molar-refractivity contribution in [2.24, 2.45) is 0 Å². The summed E-state index contributed by atoms with van der Waals surface area (Å²) in [7, 11) is 0. The lowest BCUT2D eigenvalue weighted by Gasteiger charge is -2.10. The van der Waals surface area contributed by atoms with E-state index in [-0.39, 0.29) is 0 Å². The van der Waals surface area contributed by atoms with E-state index >= 15 is 0 Å². The van der Waals surface area contributed by atoms with Gasteiger partial charge >= 0.3 is 0 Å². The first kappa shape index (κ1) is 28.4. The summed E-state index contributed by atoms with van der Waals surface area (Å²) < 4.78 is 0. The normalized spacial score (nSPS) is 12.8. The Kier molecular flexibility index (Phi) is 7.27. The Balaban J connectivity index is 1.15. The highest BCUT2D eigenvalue weighted by atomic mass is 15.0. The average Bonchev–Trinajstić information content (AvgIpc) is 3.42. The SMILES string of the molecule is Cc1cc(C)c2ccc3ccc(-c4cccc(-c5ccc(-c6nc(C7=CC=CCC=C7)nc(-c7ccccc7)n6)cc5)c4)nc3c2n1. The van der Waals surface area contributed by atoms with Crippen molar-refractivity contribution in [1.82, 2.24) is 24.9 Å². The summed E-state index contributed by atoms with van der Waals surface area (Å²) in [5.74, 6) is 1.95. The fraction of sp³-hybridized carbons (Fsp3) is 0.0714. The molecule has 0 fully saturated rings. The predicted octanol–water partition coefficient (Wildman–Crippen LogP) is 10.2. The minimum absolute atomic E-state index is 0.642. The predicted molar refractivity (Wildman–Crippen MR) is 193 cm³/mol. The second kappa shape index (κ2) is 12.0. The van der Waals surface area contributed by atoms with Gasteiger partial charge in [-0.1, -0.05) is 121 Å². The van der Waals surface area contributed by atoms with Gasteiger partial charge in [0.15, 0.2) is 17.5 Å². The van der Waals surface area contributed by atoms with E-state index in [9.17, 15) is 0 Å². The zero-order chi connectivity index (χ0) is 31.7. The molecule has 0 bridgehead atoms. The highest BCUT2D eigenvalue weighted by molar-refractivity contribution is 6.04. The molecule has 0 saturated heterocycles. The maximum Gasteiger partial charge on any atom is 0.164 e. The van der Waals surface area contributed by atoms with E-state index in [2.05, 4.69) is 116 Å². The van der Waals surface area contributed by atoms with Crippen LogP contribution >= 0.6 is 0 Å². The van der Waals surface area contributed by atoms with Crippen molar-refractivity contribution in [1.29, 1.82) is 0 Å². The number of aryl methyl sites for hydroxylation is 2. The van der Waals surface area contributed by atoms with Gasteiger partial charge in [0.1, 0.15) is 0 Å². The van der Waals surface area contributed by atoms with Gasteiger partial charge in [0.05, 0.1) is 16.7 Å². The molecule has 5 heteroatoms. The summed E-state index contributed by atoms with van der Waals surface area (Å²) in [6, 6.07) is 37.7. The van der Waals surface area contributed by atoms with Crippen molar-refractivity contribution in [3.05, 3.63) is 157 Å². The summed E-state index contributed by atoms with van der Waals surface area (Å²) in [6.07, 6.45) is 11.3. The molecule has 3 heterocycles. The van der Waals surface area contributed by atoms with Crippen LogP contribution in [0.5, 0.6) is 0 Å². The van der Waals surface area contributed by atoms with Gasteiger partial charge in [-0.25, -0.2) is 19.9 Å². The highest BCUT2D eigenvalue weighted by Crippen LogP contribution is 2.31. The Morgan fingerprint density at radius 1 is 0.511 bits per heavy atom. The van der Waals surface area contributed by atoms with Gasteiger partial charge in [0.25, 0.3) is 0 Å². The second-order valence-corrected chi connectivity index (χ2v) is 11.8. The van der Waals surface area contributed by atoms with Gasteiger partial charge in [-0.3, -0.25) is 4.98 Å². The van der Waals surface area contributed by atoms with Crippen molar-refractivity contribution < 1.29 is 0 Å². The number of pyridine rings is 2. The van der Waals surface area contributed by atoms with Crippen molar-refractivity contribution in [2.75, 3.05) is 0 Å². The molecule has 5 nitrogen and oxygen atoms in total. The van der Waals surface area contributed by atoms with Crippen LogP contribution in [0.25, 0.3) is 72.5 Å². The van der Waals surface area contributed by atoms with Crippen LogP contribution in [0.1, 0.15) is 23.5 Å². The number of benzene rings is 4. The molecular formula is C42H31N5. The largest absolute Gasteiger partial charge is 0.251 e. The molecule has 7 aromatic rings. The number of nitrogens with zero attached hydrogens (tertiary/aromatic N) is 5. The Hall–Kier alpha value is -6.07. The maximum absolute atomic E-state index is 5.13. The lowest BCUT2D eigenvalue weighted by Crippen LogP contribution is -2.02. The molecule has 1 aliphatic rings. The minimum atomic E-state index is 0.642. The molecule has 3 aromatic heterocycles. The van der Waals surface area contributed by atoms with Crippen LogP contribution in [0.2, 0.25) is 0 Å². The van der Waals surface area contributed by atoms with Gasteiger partial charge in [0.2, 0.25) is 0 Å². The van der Waals surface area contributed by atoms with Gasteiger partial charge in [0, 0.05) is 38.7 Å². The third kappa shape index (κ3) is 5.64. The van der Waals surface area contributed by atoms with E-state index in [1.807, 2.05) is 37.3 Å². The number of rotatable bonds is 5. The summed E-state index contributed by atoms with van der Waals surface area (Å²) in [4.78, 5) is 24.7. The quantitative estimate of drug-likeness (QED) is 0.183. The molecule has 0 spiro atoms. The summed E-state index contributed by atoms with van der Waals surface area (Å²) in [6.45, 7) is 4.17. The first-order valence-electron chi connectivity index (χ1n) is 15.8. The summed E-state index contributed by atoms with van der Waals surface area (Å²) in [5, 5.41) is 2.23. The fourth-order valence-electron chi connectivity index (χ4n) is 6.11. The molecule has 4 aromatic carbocycles. The molecule has 0 atom stereocenters. The Labute approximate surface area is 273 Å². The molecule has 0 saturated carbocycles. The molecule has 0 amide bonds. The van der Waals surface area contributed by atoms with E-state index in [4.69, 9.17) is 24.9 Å². The third-order valence-electron chi connectivity index (χ3n) is 8.52. The van der Waals surface area contributed by atoms with Crippen LogP contribution in [0.4, 0.5) is 0 Å². The minimum Gasteiger partial charge on any atom is -0.251 e. The number of hydrogen-bond acceptors (Lipinski definition) is 5. The Bertz CT molecular complexity index is 2390. The van der Waals surface area contributed by atoms with Crippen LogP contribution in [0.15, 0.2) is 140 Å². The zero-order valence-corrected chi connectivity index (χ0v) is 26.2. The molecule has 0 N–H and O–H groups in total. The Morgan fingerprint density at radius 2 is 1.21 bits per heavy atom. The molecule has 224 valence electrons. The van der Waals surface area contributed by atoms with Crippen molar-refractivity contribution in [3.63, 3.8) is 0 Å². The molecule has 0 unspecified atom stereocenters. The van der Waals surface area contributed by atoms with Gasteiger partial charge < -0.3 is 0 Å². The van der Waals surface area contributed by atoms with Crippen LogP contribution in [0.3, 0.4) is 0 Å². The molecule has 0 radical (unpaired) electrons. The molecular weight excluding hydrogens is 574 g/mol. The summed E-state index contributed by atoms with van der Waals surface area (Å²) in [5.41, 5.74) is 11.1. The van der Waals surface area contributed by atoms with Crippen molar-refractivity contribution in [3.8, 4) is 45.2 Å². The lowest BCUT2D eigenvalue weighted by molar-refractivity contribution is 1.04. The first-order chi connectivity index (χ1) is 23.1. The second-order valence-electron chi connectivity index (χ2n) is 11.8. The monoisotopic (exact) mass is 605 g/mol. The van der Waals surface area contributed by atoms with E-state index in [0.29, 0.717) is 17.5 Å². The zero-order valence-electron chi connectivity index (χ0n) is 26.2. The van der Waals surface area contributed by atoms with Gasteiger partial charge in [-0.15, -0.1) is 0 Å². The van der Waals surface area contributed by atoms with Crippen molar-refractivity contribution >= 4 is 27.4 Å². The molecule has 1 aliphatic carbocycles. The molecule has 8 rings (SSSR count). The maximum atomic E-state index is 5.13. The van der Waals surface area contributed by atoms with Crippen LogP contribution in [0, 0.1) is 13.8 Å². The number of fused-ring (bicyclic) bond motifs is 3. The van der Waals surface area contributed by atoms with Gasteiger partial charge in [-0.2, -0.15) is 0 Å². The third-order valence-corrected chi connectivity index (χ3v) is 8.52. The standard InChI is InChI=1S/C42H31N5/c1-27-25-28(2)43-39-36(27)23-21-30-22-24-37(44-38(30)39)35-16-10-15-34(26-35)29-17-19-33(20-18-29)42-46-40(31-11-6-3-4-7-12-31)45-41(47-42)32-13-8-5-9-14-32/h3,5-26H,4H2,1-2H3. The topological polar surface area (TPSA) is 64.5 Å².